The van der Waals surface area contributed by atoms with Crippen LogP contribution in [-0.4, -0.2) is 72.6 Å². The van der Waals surface area contributed by atoms with Crippen molar-refractivity contribution in [2.24, 2.45) is 0 Å². The quantitative estimate of drug-likeness (QED) is 0.560. The topological polar surface area (TPSA) is 86.0 Å². The molecule has 210 valence electrons. The first-order chi connectivity index (χ1) is 18.9. The molecule has 2 aromatic rings. The van der Waals surface area contributed by atoms with Gasteiger partial charge in [-0.1, -0.05) is 11.6 Å². The molecule has 4 aliphatic heterocycles. The lowest BCUT2D eigenvalue weighted by Gasteiger charge is -2.43. The van der Waals surface area contributed by atoms with E-state index in [0.29, 0.717) is 55.9 Å². The third kappa shape index (κ3) is 4.55. The first-order valence-electron chi connectivity index (χ1n) is 14.4. The van der Waals surface area contributed by atoms with E-state index in [0.717, 1.165) is 93.0 Å². The van der Waals surface area contributed by atoms with E-state index < -0.39 is 11.8 Å². The van der Waals surface area contributed by atoms with Crippen molar-refractivity contribution in [2.75, 3.05) is 56.6 Å². The lowest BCUT2D eigenvalue weighted by Crippen LogP contribution is -2.44. The van der Waals surface area contributed by atoms with Crippen LogP contribution in [0.2, 0.25) is 5.02 Å². The molecular weight excluding hydrogens is 521 g/mol. The summed E-state index contributed by atoms with van der Waals surface area (Å²) in [7, 11) is 0. The summed E-state index contributed by atoms with van der Waals surface area (Å²) in [4.78, 5) is 14.5. The summed E-state index contributed by atoms with van der Waals surface area (Å²) in [6.45, 7) is 5.25. The van der Waals surface area contributed by atoms with Crippen molar-refractivity contribution in [1.29, 1.82) is 0 Å². The van der Waals surface area contributed by atoms with Crippen molar-refractivity contribution in [1.82, 2.24) is 14.9 Å². The Morgan fingerprint density at radius 3 is 2.95 bits per heavy atom. The van der Waals surface area contributed by atoms with Crippen LogP contribution in [0.4, 0.5) is 15.9 Å². The number of nitrogens with two attached hydrogens (primary N) is 1. The highest BCUT2D eigenvalue weighted by Crippen LogP contribution is 2.48. The molecule has 1 unspecified atom stereocenters. The smallest absolute Gasteiger partial charge is 0.318 e. The second-order valence-corrected chi connectivity index (χ2v) is 12.3. The van der Waals surface area contributed by atoms with E-state index in [9.17, 15) is 4.39 Å². The number of ether oxygens (including phenoxy) is 3. The number of nitrogens with zero attached hydrogens (tertiary/aromatic N) is 4. The van der Waals surface area contributed by atoms with E-state index in [1.54, 1.807) is 0 Å². The van der Waals surface area contributed by atoms with E-state index >= 15 is 0 Å². The van der Waals surface area contributed by atoms with E-state index in [1.165, 1.54) is 0 Å². The Morgan fingerprint density at radius 1 is 1.10 bits per heavy atom. The molecule has 10 heteroatoms. The van der Waals surface area contributed by atoms with Crippen LogP contribution in [0.1, 0.15) is 60.9 Å². The predicted molar refractivity (Wildman–Crippen MR) is 147 cm³/mol. The predicted octanol–water partition coefficient (Wildman–Crippen LogP) is 4.20. The summed E-state index contributed by atoms with van der Waals surface area (Å²) < 4.78 is 33.2. The van der Waals surface area contributed by atoms with E-state index in [1.807, 2.05) is 12.1 Å². The summed E-state index contributed by atoms with van der Waals surface area (Å²) in [6.07, 6.45) is 6.06. The van der Waals surface area contributed by atoms with Crippen molar-refractivity contribution >= 4 is 23.1 Å². The van der Waals surface area contributed by atoms with Gasteiger partial charge in [0.2, 0.25) is 0 Å². The maximum atomic E-state index is 14.4. The molecule has 5 heterocycles. The molecule has 7 rings (SSSR count). The summed E-state index contributed by atoms with van der Waals surface area (Å²) >= 11 is 6.64. The van der Waals surface area contributed by atoms with E-state index in [4.69, 9.17) is 41.5 Å². The minimum atomic E-state index is -0.798. The number of alkyl halides is 1. The molecule has 5 aliphatic rings. The standard InChI is InChI=1S/C29H37ClFN5O3/c30-24-13-20(32)12-23-21(24)4-1-6-29(23)15-25-22(17-39-29)26(35-7-3-10-37-11-9-35)34-27(33-25)38-18-28-5-2-8-36(28)16-19(31)14-28/h12-13,19H,1-11,14-18,32H2/t19-,28?,29+/m1/s1. The van der Waals surface area contributed by atoms with Crippen LogP contribution in [0, 0.1) is 0 Å². The van der Waals surface area contributed by atoms with Gasteiger partial charge in [-0.3, -0.25) is 4.90 Å². The first kappa shape index (κ1) is 25.7. The van der Waals surface area contributed by atoms with Crippen molar-refractivity contribution < 1.29 is 18.6 Å². The molecule has 39 heavy (non-hydrogen) atoms. The van der Waals surface area contributed by atoms with Crippen LogP contribution in [0.5, 0.6) is 6.01 Å². The maximum absolute atomic E-state index is 14.4. The number of aromatic nitrogens is 2. The monoisotopic (exact) mass is 557 g/mol. The third-order valence-electron chi connectivity index (χ3n) is 9.46. The number of halogens is 2. The highest BCUT2D eigenvalue weighted by molar-refractivity contribution is 6.31. The van der Waals surface area contributed by atoms with Crippen LogP contribution in [0.15, 0.2) is 12.1 Å². The van der Waals surface area contributed by atoms with Gasteiger partial charge in [0.1, 0.15) is 18.6 Å². The molecule has 8 nitrogen and oxygen atoms in total. The van der Waals surface area contributed by atoms with Crippen LogP contribution >= 0.6 is 11.6 Å². The molecular formula is C29H37ClFN5O3. The third-order valence-corrected chi connectivity index (χ3v) is 9.80. The number of nitrogen functional groups attached to an aromatic ring is 1. The number of hydrogen-bond acceptors (Lipinski definition) is 8. The Morgan fingerprint density at radius 2 is 2.03 bits per heavy atom. The molecule has 0 radical (unpaired) electrons. The summed E-state index contributed by atoms with van der Waals surface area (Å²) in [5, 5.41) is 0.707. The number of rotatable bonds is 4. The molecule has 1 aliphatic carbocycles. The van der Waals surface area contributed by atoms with Crippen LogP contribution < -0.4 is 15.4 Å². The number of fused-ring (bicyclic) bond motifs is 4. The summed E-state index contributed by atoms with van der Waals surface area (Å²) in [5.41, 5.74) is 10.3. The maximum Gasteiger partial charge on any atom is 0.318 e. The van der Waals surface area contributed by atoms with Crippen molar-refractivity contribution in [2.45, 2.75) is 75.3 Å². The highest BCUT2D eigenvalue weighted by Gasteiger charge is 2.50. The van der Waals surface area contributed by atoms with Crippen LogP contribution in [0.25, 0.3) is 0 Å². The van der Waals surface area contributed by atoms with Crippen molar-refractivity contribution in [3.05, 3.63) is 39.5 Å². The molecule has 2 N–H and O–H groups in total. The average Bonchev–Trinajstić information content (AvgIpc) is 3.29. The van der Waals surface area contributed by atoms with Crippen LogP contribution in [-0.2, 0) is 34.5 Å². The molecule has 0 amide bonds. The van der Waals surface area contributed by atoms with Gasteiger partial charge in [0, 0.05) is 55.4 Å². The van der Waals surface area contributed by atoms with Gasteiger partial charge in [0.05, 0.1) is 30.0 Å². The lowest BCUT2D eigenvalue weighted by molar-refractivity contribution is -0.0855. The fourth-order valence-electron chi connectivity index (χ4n) is 7.59. The van der Waals surface area contributed by atoms with Gasteiger partial charge in [0.15, 0.2) is 0 Å². The van der Waals surface area contributed by atoms with Crippen molar-refractivity contribution in [3.63, 3.8) is 0 Å². The second kappa shape index (κ2) is 10.0. The first-order valence-corrected chi connectivity index (χ1v) is 14.8. The minimum absolute atomic E-state index is 0.254. The van der Waals surface area contributed by atoms with Gasteiger partial charge in [-0.05, 0) is 68.3 Å². The zero-order chi connectivity index (χ0) is 26.6. The molecule has 1 spiro atoms. The zero-order valence-electron chi connectivity index (χ0n) is 22.4. The fraction of sp³-hybridized carbons (Fsp3) is 0.655. The largest absolute Gasteiger partial charge is 0.461 e. The normalized spacial score (nSPS) is 30.6. The highest BCUT2D eigenvalue weighted by atomic mass is 35.5. The van der Waals surface area contributed by atoms with Gasteiger partial charge in [-0.2, -0.15) is 9.97 Å². The Hall–Kier alpha value is -2.20. The van der Waals surface area contributed by atoms with Gasteiger partial charge >= 0.3 is 6.01 Å². The Bertz CT molecular complexity index is 1260. The summed E-state index contributed by atoms with van der Waals surface area (Å²) in [6, 6.07) is 4.23. The number of benzene rings is 1. The molecule has 3 fully saturated rings. The van der Waals surface area contributed by atoms with Gasteiger partial charge in [-0.25, -0.2) is 4.39 Å². The second-order valence-electron chi connectivity index (χ2n) is 11.9. The fourth-order valence-corrected chi connectivity index (χ4v) is 7.91. The Balaban J connectivity index is 1.25. The average molecular weight is 558 g/mol. The summed E-state index contributed by atoms with van der Waals surface area (Å²) in [5.74, 6) is 0.868. The number of hydrogen-bond donors (Lipinski definition) is 1. The van der Waals surface area contributed by atoms with E-state index in [-0.39, 0.29) is 5.54 Å². The van der Waals surface area contributed by atoms with Gasteiger partial charge in [0.25, 0.3) is 0 Å². The molecule has 1 aromatic carbocycles. The van der Waals surface area contributed by atoms with Crippen molar-refractivity contribution in [3.8, 4) is 6.01 Å². The SMILES string of the molecule is Nc1cc(Cl)c2c(c1)[C@]1(CCC2)Cc2nc(OCC34CCCN3C[C@H](F)C4)nc(N3CCCOCC3)c2CO1. The molecule has 1 aromatic heterocycles. The number of anilines is 2. The van der Waals surface area contributed by atoms with E-state index in [2.05, 4.69) is 9.80 Å². The molecule has 0 saturated carbocycles. The van der Waals surface area contributed by atoms with Crippen LogP contribution in [0.3, 0.4) is 0 Å². The molecule has 3 saturated heterocycles. The Kier molecular flexibility index (Phi) is 6.61. The molecule has 0 bridgehead atoms. The molecule has 3 atom stereocenters. The lowest BCUT2D eigenvalue weighted by atomic mass is 9.74. The minimum Gasteiger partial charge on any atom is -0.461 e. The zero-order valence-corrected chi connectivity index (χ0v) is 23.1. The Labute approximate surface area is 234 Å². The van der Waals surface area contributed by atoms with Gasteiger partial charge < -0.3 is 24.8 Å². The van der Waals surface area contributed by atoms with Gasteiger partial charge in [-0.15, -0.1) is 0 Å².